The van der Waals surface area contributed by atoms with Gasteiger partial charge in [0.25, 0.3) is 0 Å². The Morgan fingerprint density at radius 2 is 1.87 bits per heavy atom. The molecule has 2 aromatic carbocycles. The number of rotatable bonds is 4. The molecule has 0 spiro atoms. The van der Waals surface area contributed by atoms with E-state index < -0.39 is 0 Å². The third-order valence-corrected chi connectivity index (χ3v) is 3.52. The Kier molecular flexibility index (Phi) is 5.82. The number of carbonyl (C=O) groups excluding carboxylic acids is 1. The molecular formula is C20H21NO2. The lowest BCUT2D eigenvalue weighted by Gasteiger charge is -2.05. The number of carbonyl (C=O) groups is 1. The average molecular weight is 307 g/mol. The zero-order valence-corrected chi connectivity index (χ0v) is 13.6. The number of hydrogen-bond acceptors (Lipinski definition) is 3. The van der Waals surface area contributed by atoms with Crippen LogP contribution >= 0.6 is 0 Å². The second-order valence-electron chi connectivity index (χ2n) is 5.29. The van der Waals surface area contributed by atoms with Crippen LogP contribution < -0.4 is 5.73 Å². The van der Waals surface area contributed by atoms with Gasteiger partial charge in [0.1, 0.15) is 0 Å². The summed E-state index contributed by atoms with van der Waals surface area (Å²) in [6.45, 7) is 4.25. The molecule has 0 aromatic heterocycles. The van der Waals surface area contributed by atoms with Gasteiger partial charge in [0, 0.05) is 23.2 Å². The predicted molar refractivity (Wildman–Crippen MR) is 93.0 cm³/mol. The van der Waals surface area contributed by atoms with E-state index in [1.165, 1.54) is 0 Å². The monoisotopic (exact) mass is 307 g/mol. The van der Waals surface area contributed by atoms with Gasteiger partial charge in [-0.1, -0.05) is 36.1 Å². The van der Waals surface area contributed by atoms with Crippen molar-refractivity contribution in [2.24, 2.45) is 0 Å². The number of nitrogens with two attached hydrogens (primary N) is 1. The van der Waals surface area contributed by atoms with Gasteiger partial charge in [0.15, 0.2) is 0 Å². The topological polar surface area (TPSA) is 52.3 Å². The van der Waals surface area contributed by atoms with Gasteiger partial charge in [0.2, 0.25) is 0 Å². The van der Waals surface area contributed by atoms with Gasteiger partial charge >= 0.3 is 5.97 Å². The maximum atomic E-state index is 11.4. The molecule has 118 valence electrons. The van der Waals surface area contributed by atoms with Gasteiger partial charge in [-0.05, 0) is 49.6 Å². The highest BCUT2D eigenvalue weighted by Gasteiger charge is 2.04. The van der Waals surface area contributed by atoms with E-state index in [1.54, 1.807) is 6.92 Å². The molecule has 2 rings (SSSR count). The maximum Gasteiger partial charge on any atom is 0.306 e. The van der Waals surface area contributed by atoms with Crippen LogP contribution in [-0.2, 0) is 16.0 Å². The lowest BCUT2D eigenvalue weighted by atomic mass is 10.0. The Hall–Kier alpha value is -2.73. The number of benzene rings is 2. The molecule has 3 heteroatoms. The number of aryl methyl sites for hydroxylation is 2. The molecule has 0 radical (unpaired) electrons. The largest absolute Gasteiger partial charge is 0.466 e. The molecule has 0 bridgehead atoms. The molecule has 0 amide bonds. The predicted octanol–water partition coefficient (Wildman–Crippen LogP) is 3.47. The van der Waals surface area contributed by atoms with E-state index in [9.17, 15) is 4.79 Å². The first-order chi connectivity index (χ1) is 11.1. The summed E-state index contributed by atoms with van der Waals surface area (Å²) in [7, 11) is 0. The summed E-state index contributed by atoms with van der Waals surface area (Å²) in [6.07, 6.45) is 0.987. The second-order valence-corrected chi connectivity index (χ2v) is 5.29. The smallest absolute Gasteiger partial charge is 0.306 e. The van der Waals surface area contributed by atoms with Crippen LogP contribution in [0.2, 0.25) is 0 Å². The Bertz CT molecular complexity index is 754. The highest BCUT2D eigenvalue weighted by molar-refractivity contribution is 5.70. The molecule has 0 atom stereocenters. The average Bonchev–Trinajstić information content (AvgIpc) is 2.54. The Morgan fingerprint density at radius 1 is 1.13 bits per heavy atom. The van der Waals surface area contributed by atoms with Crippen LogP contribution in [0, 0.1) is 18.8 Å². The summed E-state index contributed by atoms with van der Waals surface area (Å²) in [4.78, 5) is 11.4. The van der Waals surface area contributed by atoms with Crippen molar-refractivity contribution in [3.8, 4) is 11.8 Å². The van der Waals surface area contributed by atoms with Crippen LogP contribution in [0.25, 0.3) is 0 Å². The van der Waals surface area contributed by atoms with Crippen molar-refractivity contribution in [1.82, 2.24) is 0 Å². The van der Waals surface area contributed by atoms with E-state index in [4.69, 9.17) is 10.5 Å². The van der Waals surface area contributed by atoms with Gasteiger partial charge in [-0.2, -0.15) is 0 Å². The Morgan fingerprint density at radius 3 is 2.61 bits per heavy atom. The van der Waals surface area contributed by atoms with Crippen LogP contribution in [-0.4, -0.2) is 12.6 Å². The summed E-state index contributed by atoms with van der Waals surface area (Å²) >= 11 is 0. The number of anilines is 1. The lowest BCUT2D eigenvalue weighted by Crippen LogP contribution is -2.05. The van der Waals surface area contributed by atoms with Crippen molar-refractivity contribution < 1.29 is 9.53 Å². The van der Waals surface area contributed by atoms with E-state index >= 15 is 0 Å². The molecule has 0 saturated heterocycles. The first-order valence-corrected chi connectivity index (χ1v) is 7.72. The molecule has 0 unspecified atom stereocenters. The van der Waals surface area contributed by atoms with Gasteiger partial charge in [-0.15, -0.1) is 0 Å². The van der Waals surface area contributed by atoms with Crippen LogP contribution in [0.3, 0.4) is 0 Å². The zero-order chi connectivity index (χ0) is 16.7. The highest BCUT2D eigenvalue weighted by atomic mass is 16.5. The Balaban J connectivity index is 2.15. The standard InChI is InChI=1S/C20H21NO2/c1-3-23-20(22)13-9-16-8-12-19(21)18(14-16)11-10-17-7-5-4-6-15(17)2/h4-8,12,14H,3,9,13,21H2,1-2H3. The lowest BCUT2D eigenvalue weighted by molar-refractivity contribution is -0.143. The summed E-state index contributed by atoms with van der Waals surface area (Å²) < 4.78 is 4.94. The first-order valence-electron chi connectivity index (χ1n) is 7.72. The summed E-state index contributed by atoms with van der Waals surface area (Å²) in [5.41, 5.74) is 10.6. The van der Waals surface area contributed by atoms with Crippen LogP contribution in [0.4, 0.5) is 5.69 Å². The van der Waals surface area contributed by atoms with E-state index in [0.717, 1.165) is 22.3 Å². The minimum Gasteiger partial charge on any atom is -0.466 e. The third-order valence-electron chi connectivity index (χ3n) is 3.52. The molecule has 0 aliphatic heterocycles. The van der Waals surface area contributed by atoms with Crippen molar-refractivity contribution in [1.29, 1.82) is 0 Å². The van der Waals surface area contributed by atoms with Crippen molar-refractivity contribution in [2.45, 2.75) is 26.7 Å². The molecule has 0 saturated carbocycles. The third kappa shape index (κ3) is 4.89. The van der Waals surface area contributed by atoms with Crippen molar-refractivity contribution in [3.63, 3.8) is 0 Å². The fourth-order valence-electron chi connectivity index (χ4n) is 2.19. The summed E-state index contributed by atoms with van der Waals surface area (Å²) in [5, 5.41) is 0. The number of nitrogen functional groups attached to an aromatic ring is 1. The molecule has 0 aliphatic carbocycles. The molecule has 23 heavy (non-hydrogen) atoms. The number of ether oxygens (including phenoxy) is 1. The van der Waals surface area contributed by atoms with E-state index in [-0.39, 0.29) is 5.97 Å². The van der Waals surface area contributed by atoms with Gasteiger partial charge in [0.05, 0.1) is 6.61 Å². The molecule has 0 aliphatic rings. The molecule has 2 N–H and O–H groups in total. The van der Waals surface area contributed by atoms with Crippen molar-refractivity contribution >= 4 is 11.7 Å². The fourth-order valence-corrected chi connectivity index (χ4v) is 2.19. The molecule has 3 nitrogen and oxygen atoms in total. The SMILES string of the molecule is CCOC(=O)CCc1ccc(N)c(C#Cc2ccccc2C)c1. The van der Waals surface area contributed by atoms with Gasteiger partial charge in [-0.25, -0.2) is 0 Å². The van der Waals surface area contributed by atoms with Crippen LogP contribution in [0.15, 0.2) is 42.5 Å². The minimum atomic E-state index is -0.183. The van der Waals surface area contributed by atoms with Gasteiger partial charge < -0.3 is 10.5 Å². The fraction of sp³-hybridized carbons (Fsp3) is 0.250. The molecular weight excluding hydrogens is 286 g/mol. The Labute approximate surface area is 137 Å². The summed E-state index contributed by atoms with van der Waals surface area (Å²) in [5.74, 6) is 6.11. The van der Waals surface area contributed by atoms with E-state index in [0.29, 0.717) is 25.1 Å². The zero-order valence-electron chi connectivity index (χ0n) is 13.6. The van der Waals surface area contributed by atoms with Crippen LogP contribution in [0.1, 0.15) is 35.6 Å². The number of hydrogen-bond donors (Lipinski definition) is 1. The first kappa shape index (κ1) is 16.6. The summed E-state index contributed by atoms with van der Waals surface area (Å²) in [6, 6.07) is 13.7. The van der Waals surface area contributed by atoms with Gasteiger partial charge in [-0.3, -0.25) is 4.79 Å². The number of esters is 1. The quantitative estimate of drug-likeness (QED) is 0.534. The highest BCUT2D eigenvalue weighted by Crippen LogP contribution is 2.15. The molecule has 0 heterocycles. The minimum absolute atomic E-state index is 0.183. The normalized spacial score (nSPS) is 9.83. The van der Waals surface area contributed by atoms with Crippen LogP contribution in [0.5, 0.6) is 0 Å². The van der Waals surface area contributed by atoms with E-state index in [1.807, 2.05) is 49.4 Å². The second kappa shape index (κ2) is 8.05. The van der Waals surface area contributed by atoms with Crippen molar-refractivity contribution in [3.05, 3.63) is 64.7 Å². The molecule has 0 fully saturated rings. The molecule has 2 aromatic rings. The van der Waals surface area contributed by atoms with E-state index in [2.05, 4.69) is 11.8 Å². The van der Waals surface area contributed by atoms with Crippen molar-refractivity contribution in [2.75, 3.05) is 12.3 Å². The maximum absolute atomic E-state index is 11.4.